The molecule has 2 aromatic carbocycles. The maximum Gasteiger partial charge on any atom is 0.181 e. The van der Waals surface area contributed by atoms with Crippen LogP contribution in [0.25, 0.3) is 11.4 Å². The molecule has 10 nitrogen and oxygen atoms in total. The van der Waals surface area contributed by atoms with Gasteiger partial charge in [-0.2, -0.15) is 5.10 Å². The van der Waals surface area contributed by atoms with E-state index in [1.165, 1.54) is 42.4 Å². The summed E-state index contributed by atoms with van der Waals surface area (Å²) in [5, 5.41) is 15.2. The van der Waals surface area contributed by atoms with Crippen molar-refractivity contribution in [1.29, 1.82) is 0 Å². The van der Waals surface area contributed by atoms with Gasteiger partial charge < -0.3 is 29.6 Å². The van der Waals surface area contributed by atoms with Crippen molar-refractivity contribution in [1.82, 2.24) is 25.5 Å². The summed E-state index contributed by atoms with van der Waals surface area (Å²) in [5.74, 6) is 1.57. The maximum atomic E-state index is 10.2. The number of aldehydes is 1. The SMILES string of the molecule is O=CCCOCCOCCOCCCCCCCc1cccc(Cc2cccc(NC3(c4nc(-c5ccncc5)n[nH]4)CCNCC3)c2)c1. The minimum atomic E-state index is -0.320. The lowest BCUT2D eigenvalue weighted by molar-refractivity contribution is -0.108. The smallest absolute Gasteiger partial charge is 0.181 e. The van der Waals surface area contributed by atoms with Crippen LogP contribution in [-0.2, 0) is 37.4 Å². The van der Waals surface area contributed by atoms with Gasteiger partial charge in [-0.15, -0.1) is 0 Å². The number of nitrogens with zero attached hydrogens (tertiary/aromatic N) is 3. The van der Waals surface area contributed by atoms with Crippen molar-refractivity contribution >= 4 is 12.0 Å². The molecule has 3 N–H and O–H groups in total. The number of H-pyrrole nitrogens is 1. The van der Waals surface area contributed by atoms with Gasteiger partial charge in [-0.05, 0) is 92.6 Å². The van der Waals surface area contributed by atoms with E-state index in [1.54, 1.807) is 12.4 Å². The van der Waals surface area contributed by atoms with E-state index in [4.69, 9.17) is 19.2 Å². The quantitative estimate of drug-likeness (QED) is 0.0619. The predicted molar refractivity (Wildman–Crippen MR) is 193 cm³/mol. The number of aromatic amines is 1. The van der Waals surface area contributed by atoms with Gasteiger partial charge in [0.1, 0.15) is 6.29 Å². The van der Waals surface area contributed by atoms with Crippen LogP contribution in [0.2, 0.25) is 0 Å². The third-order valence-corrected chi connectivity index (χ3v) is 8.92. The molecule has 1 fully saturated rings. The third-order valence-electron chi connectivity index (χ3n) is 8.92. The highest BCUT2D eigenvalue weighted by molar-refractivity contribution is 5.54. The second-order valence-electron chi connectivity index (χ2n) is 12.7. The molecule has 0 saturated carbocycles. The van der Waals surface area contributed by atoms with E-state index >= 15 is 0 Å². The first-order valence-corrected chi connectivity index (χ1v) is 17.9. The average molecular weight is 669 g/mol. The van der Waals surface area contributed by atoms with Crippen LogP contribution < -0.4 is 10.6 Å². The summed E-state index contributed by atoms with van der Waals surface area (Å²) in [6, 6.07) is 21.7. The number of nitrogens with one attached hydrogen (secondary N) is 3. The monoisotopic (exact) mass is 668 g/mol. The fourth-order valence-corrected chi connectivity index (χ4v) is 6.28. The Balaban J connectivity index is 1.02. The topological polar surface area (TPSA) is 123 Å². The van der Waals surface area contributed by atoms with E-state index in [1.807, 2.05) is 12.1 Å². The fourth-order valence-electron chi connectivity index (χ4n) is 6.28. The van der Waals surface area contributed by atoms with Crippen LogP contribution in [0.5, 0.6) is 0 Å². The van der Waals surface area contributed by atoms with E-state index in [-0.39, 0.29) is 5.54 Å². The molecule has 5 rings (SSSR count). The Labute approximate surface area is 290 Å². The number of ether oxygens (including phenoxy) is 3. The number of carbonyl (C=O) groups excluding carboxylic acids is 1. The zero-order chi connectivity index (χ0) is 33.8. The summed E-state index contributed by atoms with van der Waals surface area (Å²) >= 11 is 0. The Morgan fingerprint density at radius 1 is 0.755 bits per heavy atom. The van der Waals surface area contributed by atoms with E-state index in [0.29, 0.717) is 45.3 Å². The highest BCUT2D eigenvalue weighted by Gasteiger charge is 2.37. The number of pyridine rings is 1. The van der Waals surface area contributed by atoms with Gasteiger partial charge >= 0.3 is 0 Å². The second-order valence-corrected chi connectivity index (χ2v) is 12.7. The number of hydrogen-bond donors (Lipinski definition) is 3. The molecular weight excluding hydrogens is 616 g/mol. The normalized spacial score (nSPS) is 14.1. The van der Waals surface area contributed by atoms with Crippen molar-refractivity contribution in [3.63, 3.8) is 0 Å². The number of piperidine rings is 1. The lowest BCUT2D eigenvalue weighted by Gasteiger charge is -2.37. The summed E-state index contributed by atoms with van der Waals surface area (Å²) < 4.78 is 16.4. The maximum absolute atomic E-state index is 10.2. The van der Waals surface area contributed by atoms with Crippen molar-refractivity contribution in [3.8, 4) is 11.4 Å². The van der Waals surface area contributed by atoms with Crippen LogP contribution in [0.1, 0.15) is 73.9 Å². The molecule has 1 saturated heterocycles. The molecule has 0 unspecified atom stereocenters. The van der Waals surface area contributed by atoms with Crippen LogP contribution >= 0.6 is 0 Å². The van der Waals surface area contributed by atoms with Gasteiger partial charge in [0.2, 0.25) is 0 Å². The number of unbranched alkanes of at least 4 members (excludes halogenated alkanes) is 4. The van der Waals surface area contributed by atoms with Gasteiger partial charge in [-0.3, -0.25) is 10.1 Å². The number of rotatable bonds is 23. The first-order chi connectivity index (χ1) is 24.2. The molecule has 3 heterocycles. The van der Waals surface area contributed by atoms with Crippen molar-refractivity contribution in [2.75, 3.05) is 58.0 Å². The standard InChI is InChI=1S/C39H52N6O4/c46-22-8-24-48-26-28-49-27-25-47-23-5-3-1-2-4-9-32-10-6-11-33(29-32)30-34-12-7-13-36(31-34)43-39(16-20-41-21-17-39)38-42-37(44-45-38)35-14-18-40-19-15-35/h6-7,10-15,18-19,22,29,31,41,43H,1-5,8-9,16-17,20-21,23-28,30H2,(H,42,44,45). The van der Waals surface area contributed by atoms with Crippen LogP contribution in [0.4, 0.5) is 5.69 Å². The molecule has 0 aliphatic carbocycles. The molecule has 4 aromatic rings. The molecule has 2 aromatic heterocycles. The average Bonchev–Trinajstić information content (AvgIpc) is 3.64. The number of anilines is 1. The lowest BCUT2D eigenvalue weighted by atomic mass is 9.87. The first kappa shape index (κ1) is 36.3. The Morgan fingerprint density at radius 3 is 2.22 bits per heavy atom. The van der Waals surface area contributed by atoms with Crippen molar-refractivity contribution in [2.24, 2.45) is 0 Å². The number of carbonyl (C=O) groups is 1. The Bertz CT molecular complexity index is 1510. The van der Waals surface area contributed by atoms with Gasteiger partial charge in [0.25, 0.3) is 0 Å². The third kappa shape index (κ3) is 12.1. The van der Waals surface area contributed by atoms with E-state index in [0.717, 1.165) is 75.2 Å². The van der Waals surface area contributed by atoms with Gasteiger partial charge in [0, 0.05) is 36.7 Å². The zero-order valence-electron chi connectivity index (χ0n) is 28.7. The van der Waals surface area contributed by atoms with Gasteiger partial charge in [-0.25, -0.2) is 4.98 Å². The number of aryl methyl sites for hydroxylation is 1. The Kier molecular flexibility index (Phi) is 15.2. The van der Waals surface area contributed by atoms with E-state index in [2.05, 4.69) is 74.3 Å². The summed E-state index contributed by atoms with van der Waals surface area (Å²) in [6.07, 6.45) is 14.6. The van der Waals surface area contributed by atoms with Gasteiger partial charge in [0.05, 0.1) is 38.6 Å². The minimum absolute atomic E-state index is 0.320. The van der Waals surface area contributed by atoms with Crippen LogP contribution in [0, 0.1) is 0 Å². The molecule has 1 aliphatic heterocycles. The highest BCUT2D eigenvalue weighted by atomic mass is 16.5. The Morgan fingerprint density at radius 2 is 1.43 bits per heavy atom. The summed E-state index contributed by atoms with van der Waals surface area (Å²) in [5.41, 5.74) is 5.78. The van der Waals surface area contributed by atoms with Crippen LogP contribution in [-0.4, -0.2) is 79.2 Å². The number of hydrogen-bond acceptors (Lipinski definition) is 9. The van der Waals surface area contributed by atoms with Crippen molar-refractivity contribution < 1.29 is 19.0 Å². The first-order valence-electron chi connectivity index (χ1n) is 17.9. The molecule has 0 bridgehead atoms. The van der Waals surface area contributed by atoms with E-state index in [9.17, 15) is 4.79 Å². The molecule has 10 heteroatoms. The lowest BCUT2D eigenvalue weighted by Crippen LogP contribution is -2.46. The van der Waals surface area contributed by atoms with Crippen LogP contribution in [0.3, 0.4) is 0 Å². The second kappa shape index (κ2) is 20.5. The molecule has 1 aliphatic rings. The highest BCUT2D eigenvalue weighted by Crippen LogP contribution is 2.34. The largest absolute Gasteiger partial charge is 0.379 e. The molecule has 0 spiro atoms. The fraction of sp³-hybridized carbons (Fsp3) is 0.487. The van der Waals surface area contributed by atoms with Crippen molar-refractivity contribution in [3.05, 3.63) is 95.6 Å². The van der Waals surface area contributed by atoms with Crippen LogP contribution in [0.15, 0.2) is 73.1 Å². The van der Waals surface area contributed by atoms with E-state index < -0.39 is 0 Å². The van der Waals surface area contributed by atoms with Crippen molar-refractivity contribution in [2.45, 2.75) is 69.7 Å². The summed E-state index contributed by atoms with van der Waals surface area (Å²) in [6.45, 7) is 5.32. The predicted octanol–water partition coefficient (Wildman–Crippen LogP) is 6.28. The number of benzene rings is 2. The molecule has 0 amide bonds. The molecule has 0 atom stereocenters. The minimum Gasteiger partial charge on any atom is -0.379 e. The Hall–Kier alpha value is -3.96. The number of aromatic nitrogens is 4. The molecular formula is C39H52N6O4. The molecule has 49 heavy (non-hydrogen) atoms. The zero-order valence-corrected chi connectivity index (χ0v) is 28.7. The molecule has 0 radical (unpaired) electrons. The summed E-state index contributed by atoms with van der Waals surface area (Å²) in [4.78, 5) is 19.3. The molecule has 262 valence electrons. The summed E-state index contributed by atoms with van der Waals surface area (Å²) in [7, 11) is 0. The van der Waals surface area contributed by atoms with Gasteiger partial charge in [0.15, 0.2) is 11.6 Å². The van der Waals surface area contributed by atoms with Gasteiger partial charge in [-0.1, -0.05) is 55.7 Å².